The van der Waals surface area contributed by atoms with Crippen LogP contribution in [0, 0.1) is 5.82 Å². The van der Waals surface area contributed by atoms with Crippen molar-refractivity contribution in [2.24, 2.45) is 0 Å². The van der Waals surface area contributed by atoms with Crippen LogP contribution in [0.4, 0.5) is 4.39 Å². The molecular weight excluding hydrogens is 343 g/mol. The van der Waals surface area contributed by atoms with Crippen molar-refractivity contribution in [2.75, 3.05) is 20.1 Å². The Bertz CT molecular complexity index is 891. The summed E-state index contributed by atoms with van der Waals surface area (Å²) in [6, 6.07) is 4.42. The third-order valence-corrected chi connectivity index (χ3v) is 5.01. The summed E-state index contributed by atoms with van der Waals surface area (Å²) in [4.78, 5) is 14.6. The summed E-state index contributed by atoms with van der Waals surface area (Å²) >= 11 is 5.96. The van der Waals surface area contributed by atoms with E-state index in [0.717, 1.165) is 35.4 Å². The van der Waals surface area contributed by atoms with Crippen molar-refractivity contribution in [3.05, 3.63) is 63.7 Å². The van der Waals surface area contributed by atoms with Gasteiger partial charge in [0.15, 0.2) is 0 Å². The minimum atomic E-state index is -0.456. The highest BCUT2D eigenvalue weighted by molar-refractivity contribution is 6.30. The Balaban J connectivity index is 1.88. The number of nitrogens with one attached hydrogen (secondary N) is 1. The van der Waals surface area contributed by atoms with Crippen LogP contribution in [-0.4, -0.2) is 40.7 Å². The van der Waals surface area contributed by atoms with Gasteiger partial charge in [-0.15, -0.1) is 0 Å². The molecule has 1 aromatic heterocycles. The summed E-state index contributed by atoms with van der Waals surface area (Å²) in [5.74, 6) is -0.531. The summed E-state index contributed by atoms with van der Waals surface area (Å²) < 4.78 is 15.3. The molecule has 2 aliphatic rings. The lowest BCUT2D eigenvalue weighted by atomic mass is 9.92. The van der Waals surface area contributed by atoms with Gasteiger partial charge in [0, 0.05) is 32.1 Å². The molecule has 1 aromatic carbocycles. The molecule has 7 heteroatoms. The van der Waals surface area contributed by atoms with Gasteiger partial charge in [-0.05, 0) is 23.3 Å². The van der Waals surface area contributed by atoms with Crippen LogP contribution in [0.3, 0.4) is 0 Å². The van der Waals surface area contributed by atoms with Gasteiger partial charge in [0.2, 0.25) is 0 Å². The molecule has 5 nitrogen and oxygen atoms in total. The molecule has 130 valence electrons. The van der Waals surface area contributed by atoms with E-state index in [0.29, 0.717) is 18.8 Å². The van der Waals surface area contributed by atoms with E-state index in [1.165, 1.54) is 6.07 Å². The van der Waals surface area contributed by atoms with Crippen LogP contribution in [-0.2, 0) is 13.0 Å². The van der Waals surface area contributed by atoms with E-state index in [9.17, 15) is 9.18 Å². The number of nitrogens with zero attached hydrogens (tertiary/aromatic N) is 3. The normalized spacial score (nSPS) is 20.3. The summed E-state index contributed by atoms with van der Waals surface area (Å²) in [6.07, 6.45) is 0.740. The Hall–Kier alpha value is -2.18. The van der Waals surface area contributed by atoms with Crippen molar-refractivity contribution >= 4 is 17.5 Å². The topological polar surface area (TPSA) is 50.2 Å². The van der Waals surface area contributed by atoms with E-state index >= 15 is 0 Å². The van der Waals surface area contributed by atoms with Gasteiger partial charge < -0.3 is 10.2 Å². The second kappa shape index (κ2) is 5.97. The van der Waals surface area contributed by atoms with Crippen LogP contribution in [0.15, 0.2) is 30.4 Å². The SMILES string of the molecule is C=C1CN(C)C(=O)c2c3c(nn2C1)CCNC3c1ccc(F)c(Cl)c1. The predicted molar refractivity (Wildman–Crippen MR) is 93.3 cm³/mol. The van der Waals surface area contributed by atoms with E-state index in [-0.39, 0.29) is 17.0 Å². The van der Waals surface area contributed by atoms with Crippen molar-refractivity contribution in [1.82, 2.24) is 20.0 Å². The lowest BCUT2D eigenvalue weighted by Crippen LogP contribution is -2.33. The minimum Gasteiger partial charge on any atom is -0.336 e. The first-order valence-electron chi connectivity index (χ1n) is 8.15. The predicted octanol–water partition coefficient (Wildman–Crippen LogP) is 2.55. The van der Waals surface area contributed by atoms with E-state index in [4.69, 9.17) is 11.6 Å². The number of hydrogen-bond donors (Lipinski definition) is 1. The first-order chi connectivity index (χ1) is 12.0. The average molecular weight is 361 g/mol. The van der Waals surface area contributed by atoms with Crippen molar-refractivity contribution in [1.29, 1.82) is 0 Å². The monoisotopic (exact) mass is 360 g/mol. The maximum atomic E-state index is 13.5. The number of aromatic nitrogens is 2. The molecule has 1 amide bonds. The van der Waals surface area contributed by atoms with Crippen LogP contribution < -0.4 is 5.32 Å². The summed E-state index contributed by atoms with van der Waals surface area (Å²) in [6.45, 7) is 5.80. The quantitative estimate of drug-likeness (QED) is 0.795. The number of halogens is 2. The third kappa shape index (κ3) is 2.65. The number of likely N-dealkylation sites (N-methyl/N-ethyl adjacent to an activating group) is 1. The summed E-state index contributed by atoms with van der Waals surface area (Å²) in [7, 11) is 1.77. The Morgan fingerprint density at radius 2 is 2.20 bits per heavy atom. The van der Waals surface area contributed by atoms with E-state index in [1.807, 2.05) is 0 Å². The number of benzene rings is 1. The first kappa shape index (κ1) is 16.3. The Morgan fingerprint density at radius 3 is 2.96 bits per heavy atom. The lowest BCUT2D eigenvalue weighted by Gasteiger charge is -2.26. The zero-order valence-electron chi connectivity index (χ0n) is 13.9. The molecule has 1 unspecified atom stereocenters. The molecule has 0 saturated heterocycles. The second-order valence-corrected chi connectivity index (χ2v) is 7.00. The Kier molecular flexibility index (Phi) is 3.89. The molecule has 3 heterocycles. The number of fused-ring (bicyclic) bond motifs is 3. The first-order valence-corrected chi connectivity index (χ1v) is 8.53. The van der Waals surface area contributed by atoms with Gasteiger partial charge in [-0.2, -0.15) is 5.10 Å². The van der Waals surface area contributed by atoms with Crippen LogP contribution >= 0.6 is 11.6 Å². The van der Waals surface area contributed by atoms with Crippen molar-refractivity contribution in [2.45, 2.75) is 19.0 Å². The molecule has 1 N–H and O–H groups in total. The van der Waals surface area contributed by atoms with Gasteiger partial charge >= 0.3 is 0 Å². The number of hydrogen-bond acceptors (Lipinski definition) is 3. The molecule has 0 aliphatic carbocycles. The number of carbonyl (C=O) groups excluding carboxylic acids is 1. The van der Waals surface area contributed by atoms with E-state index in [2.05, 4.69) is 17.0 Å². The average Bonchev–Trinajstić information content (AvgIpc) is 2.89. The van der Waals surface area contributed by atoms with Gasteiger partial charge in [-0.25, -0.2) is 4.39 Å². The fourth-order valence-corrected chi connectivity index (χ4v) is 3.81. The highest BCUT2D eigenvalue weighted by atomic mass is 35.5. The van der Waals surface area contributed by atoms with Crippen molar-refractivity contribution < 1.29 is 9.18 Å². The zero-order chi connectivity index (χ0) is 17.7. The van der Waals surface area contributed by atoms with Crippen LogP contribution in [0.5, 0.6) is 0 Å². The number of carbonyl (C=O) groups is 1. The maximum Gasteiger partial charge on any atom is 0.272 e. The molecule has 2 aliphatic heterocycles. The molecule has 4 rings (SSSR count). The van der Waals surface area contributed by atoms with Crippen LogP contribution in [0.2, 0.25) is 5.02 Å². The Morgan fingerprint density at radius 1 is 1.40 bits per heavy atom. The van der Waals surface area contributed by atoms with Gasteiger partial charge in [0.05, 0.1) is 23.3 Å². The van der Waals surface area contributed by atoms with Crippen molar-refractivity contribution in [3.8, 4) is 0 Å². The fraction of sp³-hybridized carbons (Fsp3) is 0.333. The van der Waals surface area contributed by atoms with Crippen LogP contribution in [0.25, 0.3) is 0 Å². The largest absolute Gasteiger partial charge is 0.336 e. The highest BCUT2D eigenvalue weighted by Crippen LogP contribution is 2.34. The second-order valence-electron chi connectivity index (χ2n) is 6.59. The van der Waals surface area contributed by atoms with E-state index in [1.54, 1.807) is 28.8 Å². The summed E-state index contributed by atoms with van der Waals surface area (Å²) in [5.41, 5.74) is 4.09. The Labute approximate surface area is 150 Å². The highest BCUT2D eigenvalue weighted by Gasteiger charge is 2.35. The summed E-state index contributed by atoms with van der Waals surface area (Å²) in [5, 5.41) is 8.15. The third-order valence-electron chi connectivity index (χ3n) is 4.72. The molecule has 0 radical (unpaired) electrons. The molecule has 0 spiro atoms. The molecule has 1 atom stereocenters. The molecule has 25 heavy (non-hydrogen) atoms. The van der Waals surface area contributed by atoms with E-state index < -0.39 is 5.82 Å². The molecule has 0 saturated carbocycles. The van der Waals surface area contributed by atoms with Gasteiger partial charge in [-0.3, -0.25) is 9.48 Å². The smallest absolute Gasteiger partial charge is 0.272 e. The number of rotatable bonds is 1. The zero-order valence-corrected chi connectivity index (χ0v) is 14.6. The van der Waals surface area contributed by atoms with Gasteiger partial charge in [-0.1, -0.05) is 24.2 Å². The lowest BCUT2D eigenvalue weighted by molar-refractivity contribution is 0.0802. The molecular formula is C18H18ClFN4O. The molecule has 0 bridgehead atoms. The minimum absolute atomic E-state index is 0.0708. The van der Waals surface area contributed by atoms with Crippen LogP contribution in [0.1, 0.15) is 33.4 Å². The molecule has 0 fully saturated rings. The molecule has 2 aromatic rings. The van der Waals surface area contributed by atoms with Gasteiger partial charge in [0.25, 0.3) is 5.91 Å². The van der Waals surface area contributed by atoms with Crippen molar-refractivity contribution in [3.63, 3.8) is 0 Å². The maximum absolute atomic E-state index is 13.5. The number of amides is 1. The standard InChI is InChI=1S/C18H18ClFN4O/c1-10-8-23(2)18(25)17-15-14(22-24(17)9-10)5-6-21-16(15)11-3-4-13(20)12(19)7-11/h3-4,7,16,21H,1,5-6,8-9H2,2H3. The van der Waals surface area contributed by atoms with Gasteiger partial charge in [0.1, 0.15) is 11.5 Å². The fourth-order valence-electron chi connectivity index (χ4n) is 3.62.